The van der Waals surface area contributed by atoms with E-state index in [1.54, 1.807) is 12.1 Å². The molecule has 0 unspecified atom stereocenters. The maximum atomic E-state index is 13.6. The van der Waals surface area contributed by atoms with Crippen molar-refractivity contribution in [3.05, 3.63) is 29.6 Å². The molecule has 0 amide bonds. The Morgan fingerprint density at radius 3 is 2.81 bits per heavy atom. The van der Waals surface area contributed by atoms with Gasteiger partial charge in [-0.3, -0.25) is 0 Å². The van der Waals surface area contributed by atoms with Crippen LogP contribution in [0.4, 0.5) is 10.1 Å². The summed E-state index contributed by atoms with van der Waals surface area (Å²) in [6.45, 7) is 10.7. The lowest BCUT2D eigenvalue weighted by Gasteiger charge is -2.27. The predicted octanol–water partition coefficient (Wildman–Crippen LogP) is 4.34. The van der Waals surface area contributed by atoms with E-state index in [2.05, 4.69) is 31.0 Å². The summed E-state index contributed by atoms with van der Waals surface area (Å²) in [5.74, 6) is -0.137. The first-order chi connectivity index (χ1) is 10.0. The average Bonchev–Trinajstić information content (AvgIpc) is 2.60. The number of nitrogens with one attached hydrogen (secondary N) is 1. The Morgan fingerprint density at radius 2 is 2.05 bits per heavy atom. The van der Waals surface area contributed by atoms with Gasteiger partial charge in [-0.15, -0.1) is 0 Å². The molecule has 1 aromatic carbocycles. The fourth-order valence-electron chi connectivity index (χ4n) is 3.07. The summed E-state index contributed by atoms with van der Waals surface area (Å²) in [4.78, 5) is 2.44. The van der Waals surface area contributed by atoms with E-state index in [4.69, 9.17) is 0 Å². The first-order valence-corrected chi connectivity index (χ1v) is 8.26. The van der Waals surface area contributed by atoms with Crippen LogP contribution in [0.25, 0.3) is 0 Å². The lowest BCUT2D eigenvalue weighted by atomic mass is 9.85. The maximum Gasteiger partial charge on any atom is 0.123 e. The van der Waals surface area contributed by atoms with Crippen molar-refractivity contribution < 1.29 is 4.39 Å². The zero-order chi connectivity index (χ0) is 15.3. The molecule has 0 saturated carbocycles. The molecule has 0 radical (unpaired) electrons. The van der Waals surface area contributed by atoms with Gasteiger partial charge in [-0.2, -0.15) is 0 Å². The van der Waals surface area contributed by atoms with Crippen molar-refractivity contribution in [3.8, 4) is 0 Å². The number of nitrogens with zero attached hydrogens (tertiary/aromatic N) is 1. The summed E-state index contributed by atoms with van der Waals surface area (Å²) >= 11 is 0. The van der Waals surface area contributed by atoms with Crippen molar-refractivity contribution >= 4 is 5.69 Å². The molecule has 2 rings (SSSR count). The number of rotatable bonds is 5. The number of hydrogen-bond donors (Lipinski definition) is 1. The van der Waals surface area contributed by atoms with Crippen LogP contribution in [0.5, 0.6) is 0 Å². The fourth-order valence-corrected chi connectivity index (χ4v) is 3.07. The molecule has 3 heteroatoms. The first-order valence-electron chi connectivity index (χ1n) is 8.26. The Hall–Kier alpha value is -1.09. The van der Waals surface area contributed by atoms with Crippen molar-refractivity contribution in [3.63, 3.8) is 0 Å². The van der Waals surface area contributed by atoms with E-state index in [0.717, 1.165) is 38.2 Å². The summed E-state index contributed by atoms with van der Waals surface area (Å²) in [7, 11) is 0. The predicted molar refractivity (Wildman–Crippen MR) is 88.2 cm³/mol. The van der Waals surface area contributed by atoms with Gasteiger partial charge in [0.2, 0.25) is 0 Å². The fraction of sp³-hybridized carbons (Fsp3) is 0.667. The molecule has 1 aromatic rings. The van der Waals surface area contributed by atoms with Gasteiger partial charge in [-0.25, -0.2) is 4.39 Å². The molecule has 1 saturated heterocycles. The molecular weight excluding hydrogens is 263 g/mol. The second-order valence-electron chi connectivity index (χ2n) is 6.95. The topological polar surface area (TPSA) is 15.3 Å². The largest absolute Gasteiger partial charge is 0.371 e. The second kappa shape index (κ2) is 7.26. The third-order valence-corrected chi connectivity index (χ3v) is 4.46. The van der Waals surface area contributed by atoms with Crippen molar-refractivity contribution in [2.24, 2.45) is 5.41 Å². The maximum absolute atomic E-state index is 13.6. The van der Waals surface area contributed by atoms with Gasteiger partial charge in [0.05, 0.1) is 0 Å². The molecule has 1 heterocycles. The van der Waals surface area contributed by atoms with E-state index >= 15 is 0 Å². The molecule has 1 aliphatic heterocycles. The van der Waals surface area contributed by atoms with Crippen LogP contribution in [0, 0.1) is 11.2 Å². The van der Waals surface area contributed by atoms with E-state index in [9.17, 15) is 4.39 Å². The third-order valence-electron chi connectivity index (χ3n) is 4.46. The van der Waals surface area contributed by atoms with Gasteiger partial charge < -0.3 is 10.2 Å². The Kier molecular flexibility index (Phi) is 5.63. The van der Waals surface area contributed by atoms with Crippen LogP contribution in [0.2, 0.25) is 0 Å². The Balaban J connectivity index is 2.13. The van der Waals surface area contributed by atoms with Crippen LogP contribution in [0.1, 0.15) is 52.0 Å². The highest BCUT2D eigenvalue weighted by atomic mass is 19.1. The van der Waals surface area contributed by atoms with Gasteiger partial charge in [0.1, 0.15) is 5.82 Å². The highest BCUT2D eigenvalue weighted by Gasteiger charge is 2.24. The SMILES string of the molecule is CCCNCc1cc(F)ccc1N1CCCC(C)(C)CC1. The Labute approximate surface area is 128 Å². The minimum Gasteiger partial charge on any atom is -0.371 e. The smallest absolute Gasteiger partial charge is 0.123 e. The quantitative estimate of drug-likeness (QED) is 0.812. The molecule has 0 aliphatic carbocycles. The van der Waals surface area contributed by atoms with Crippen LogP contribution < -0.4 is 10.2 Å². The van der Waals surface area contributed by atoms with Crippen LogP contribution >= 0.6 is 0 Å². The molecule has 0 aromatic heterocycles. The summed E-state index contributed by atoms with van der Waals surface area (Å²) in [5, 5.41) is 3.40. The number of hydrogen-bond acceptors (Lipinski definition) is 2. The van der Waals surface area contributed by atoms with Crippen LogP contribution in [-0.2, 0) is 6.54 Å². The van der Waals surface area contributed by atoms with E-state index in [0.29, 0.717) is 5.41 Å². The zero-order valence-corrected chi connectivity index (χ0v) is 13.7. The summed E-state index contributed by atoms with van der Waals surface area (Å²) in [6, 6.07) is 5.24. The van der Waals surface area contributed by atoms with Crippen LogP contribution in [-0.4, -0.2) is 19.6 Å². The number of halogens is 1. The standard InChI is InChI=1S/C18H29FN2/c1-4-10-20-14-15-13-16(19)6-7-17(15)21-11-5-8-18(2,3)9-12-21/h6-7,13,20H,4-5,8-12,14H2,1-3H3. The Morgan fingerprint density at radius 1 is 1.24 bits per heavy atom. The average molecular weight is 292 g/mol. The third kappa shape index (κ3) is 4.70. The molecule has 0 atom stereocenters. The normalized spacial score (nSPS) is 18.6. The summed E-state index contributed by atoms with van der Waals surface area (Å²) in [5.41, 5.74) is 2.72. The monoisotopic (exact) mass is 292 g/mol. The zero-order valence-electron chi connectivity index (χ0n) is 13.7. The van der Waals surface area contributed by atoms with Crippen molar-refractivity contribution in [2.45, 2.75) is 53.0 Å². The molecule has 118 valence electrons. The molecule has 0 spiro atoms. The molecule has 1 fully saturated rings. The van der Waals surface area contributed by atoms with E-state index in [1.165, 1.54) is 24.9 Å². The minimum atomic E-state index is -0.137. The number of anilines is 1. The lowest BCUT2D eigenvalue weighted by molar-refractivity contribution is 0.325. The van der Waals surface area contributed by atoms with Gasteiger partial charge >= 0.3 is 0 Å². The molecule has 0 bridgehead atoms. The molecule has 1 N–H and O–H groups in total. The highest BCUT2D eigenvalue weighted by molar-refractivity contribution is 5.54. The van der Waals surface area contributed by atoms with E-state index in [-0.39, 0.29) is 5.82 Å². The van der Waals surface area contributed by atoms with E-state index < -0.39 is 0 Å². The second-order valence-corrected chi connectivity index (χ2v) is 6.95. The van der Waals surface area contributed by atoms with Gasteiger partial charge in [-0.1, -0.05) is 20.8 Å². The number of benzene rings is 1. The van der Waals surface area contributed by atoms with Crippen LogP contribution in [0.3, 0.4) is 0 Å². The molecule has 21 heavy (non-hydrogen) atoms. The molecule has 2 nitrogen and oxygen atoms in total. The molecule has 1 aliphatic rings. The van der Waals surface area contributed by atoms with Crippen molar-refractivity contribution in [2.75, 3.05) is 24.5 Å². The summed E-state index contributed by atoms with van der Waals surface area (Å²) in [6.07, 6.45) is 4.79. The minimum absolute atomic E-state index is 0.137. The van der Waals surface area contributed by atoms with Gasteiger partial charge in [0.25, 0.3) is 0 Å². The van der Waals surface area contributed by atoms with Crippen LogP contribution in [0.15, 0.2) is 18.2 Å². The summed E-state index contributed by atoms with van der Waals surface area (Å²) < 4.78 is 13.6. The van der Waals surface area contributed by atoms with Gasteiger partial charge in [0.15, 0.2) is 0 Å². The van der Waals surface area contributed by atoms with Crippen molar-refractivity contribution in [1.29, 1.82) is 0 Å². The Bertz CT molecular complexity index is 457. The molecular formula is C18H29FN2. The lowest BCUT2D eigenvalue weighted by Crippen LogP contribution is -2.27. The van der Waals surface area contributed by atoms with E-state index in [1.807, 2.05) is 6.07 Å². The van der Waals surface area contributed by atoms with Crippen molar-refractivity contribution in [1.82, 2.24) is 5.32 Å². The van der Waals surface area contributed by atoms with Gasteiger partial charge in [-0.05, 0) is 61.4 Å². The van der Waals surface area contributed by atoms with Gasteiger partial charge in [0, 0.05) is 25.3 Å². The highest BCUT2D eigenvalue weighted by Crippen LogP contribution is 2.32. The first kappa shape index (κ1) is 16.3.